The number of hydrogen-bond acceptors (Lipinski definition) is 3. The van der Waals surface area contributed by atoms with Gasteiger partial charge >= 0.3 is 5.97 Å². The summed E-state index contributed by atoms with van der Waals surface area (Å²) >= 11 is 0. The molecule has 106 valence electrons. The van der Waals surface area contributed by atoms with Crippen molar-refractivity contribution in [3.8, 4) is 0 Å². The maximum atomic E-state index is 11.4. The molecule has 0 aliphatic carbocycles. The van der Waals surface area contributed by atoms with Crippen LogP contribution in [0.2, 0.25) is 0 Å². The molecular formula is C15H24N2O2. The first-order chi connectivity index (χ1) is 9.01. The van der Waals surface area contributed by atoms with E-state index in [2.05, 4.69) is 25.7 Å². The van der Waals surface area contributed by atoms with Gasteiger partial charge in [-0.15, -0.1) is 0 Å². The summed E-state index contributed by atoms with van der Waals surface area (Å²) in [6.07, 6.45) is 3.09. The lowest BCUT2D eigenvalue weighted by molar-refractivity contribution is 0.0697. The third-order valence-corrected chi connectivity index (χ3v) is 3.44. The van der Waals surface area contributed by atoms with Gasteiger partial charge in [-0.2, -0.15) is 0 Å². The van der Waals surface area contributed by atoms with Crippen molar-refractivity contribution < 1.29 is 9.90 Å². The van der Waals surface area contributed by atoms with Crippen LogP contribution in [0.15, 0.2) is 18.2 Å². The summed E-state index contributed by atoms with van der Waals surface area (Å²) < 4.78 is 0. The van der Waals surface area contributed by atoms with Crippen molar-refractivity contribution >= 4 is 17.3 Å². The fourth-order valence-corrected chi connectivity index (χ4v) is 2.09. The summed E-state index contributed by atoms with van der Waals surface area (Å²) in [4.78, 5) is 13.5. The van der Waals surface area contributed by atoms with E-state index < -0.39 is 5.97 Å². The van der Waals surface area contributed by atoms with Crippen LogP contribution in [0, 0.1) is 0 Å². The molecule has 0 aromatic heterocycles. The molecule has 1 aromatic rings. The topological polar surface area (TPSA) is 66.6 Å². The van der Waals surface area contributed by atoms with E-state index in [1.807, 2.05) is 0 Å². The highest BCUT2D eigenvalue weighted by Crippen LogP contribution is 2.27. The zero-order chi connectivity index (χ0) is 14.4. The van der Waals surface area contributed by atoms with Gasteiger partial charge in [-0.25, -0.2) is 4.79 Å². The Labute approximate surface area is 115 Å². The molecule has 0 saturated heterocycles. The van der Waals surface area contributed by atoms with Gasteiger partial charge in [0.15, 0.2) is 0 Å². The van der Waals surface area contributed by atoms with Crippen LogP contribution in [0.1, 0.15) is 50.4 Å². The molecule has 19 heavy (non-hydrogen) atoms. The average Bonchev–Trinajstić information content (AvgIpc) is 2.38. The van der Waals surface area contributed by atoms with Gasteiger partial charge in [0.05, 0.1) is 11.3 Å². The first-order valence-electron chi connectivity index (χ1n) is 6.90. The SMILES string of the molecule is CCCCN(c1cc(N)ccc1C(=O)O)C(C)CC. The first-order valence-corrected chi connectivity index (χ1v) is 6.90. The van der Waals surface area contributed by atoms with Crippen LogP contribution in [0.5, 0.6) is 0 Å². The van der Waals surface area contributed by atoms with Crippen molar-refractivity contribution in [2.45, 2.75) is 46.1 Å². The highest BCUT2D eigenvalue weighted by Gasteiger charge is 2.19. The van der Waals surface area contributed by atoms with Gasteiger partial charge in [-0.3, -0.25) is 0 Å². The molecule has 4 heteroatoms. The van der Waals surface area contributed by atoms with Crippen LogP contribution in [-0.2, 0) is 0 Å². The number of aromatic carboxylic acids is 1. The highest BCUT2D eigenvalue weighted by molar-refractivity contribution is 5.95. The minimum atomic E-state index is -0.903. The molecule has 0 fully saturated rings. The number of carbonyl (C=O) groups is 1. The molecule has 4 nitrogen and oxygen atoms in total. The Morgan fingerprint density at radius 2 is 2.11 bits per heavy atom. The predicted molar refractivity (Wildman–Crippen MR) is 79.8 cm³/mol. The predicted octanol–water partition coefficient (Wildman–Crippen LogP) is 3.37. The highest BCUT2D eigenvalue weighted by atomic mass is 16.4. The van der Waals surface area contributed by atoms with E-state index in [9.17, 15) is 9.90 Å². The van der Waals surface area contributed by atoms with Crippen molar-refractivity contribution in [1.82, 2.24) is 0 Å². The van der Waals surface area contributed by atoms with Crippen molar-refractivity contribution in [2.24, 2.45) is 0 Å². The summed E-state index contributed by atoms with van der Waals surface area (Å²) in [5, 5.41) is 9.32. The third kappa shape index (κ3) is 3.88. The summed E-state index contributed by atoms with van der Waals surface area (Å²) in [6.45, 7) is 7.21. The Hall–Kier alpha value is -1.71. The van der Waals surface area contributed by atoms with E-state index in [4.69, 9.17) is 5.73 Å². The molecular weight excluding hydrogens is 240 g/mol. The van der Waals surface area contributed by atoms with E-state index in [-0.39, 0.29) is 0 Å². The van der Waals surface area contributed by atoms with Crippen LogP contribution in [0.4, 0.5) is 11.4 Å². The summed E-state index contributed by atoms with van der Waals surface area (Å²) in [5.74, 6) is -0.903. The normalized spacial score (nSPS) is 12.2. The smallest absolute Gasteiger partial charge is 0.337 e. The minimum absolute atomic E-state index is 0.298. The molecule has 0 heterocycles. The standard InChI is InChI=1S/C15H24N2O2/c1-4-6-9-17(11(3)5-2)14-10-12(16)7-8-13(14)15(18)19/h7-8,10-11H,4-6,9,16H2,1-3H3,(H,18,19). The molecule has 1 atom stereocenters. The molecule has 0 spiro atoms. The quantitative estimate of drug-likeness (QED) is 0.741. The van der Waals surface area contributed by atoms with Crippen LogP contribution in [-0.4, -0.2) is 23.7 Å². The second-order valence-corrected chi connectivity index (χ2v) is 4.89. The van der Waals surface area contributed by atoms with E-state index in [0.29, 0.717) is 17.3 Å². The second-order valence-electron chi connectivity index (χ2n) is 4.89. The Balaban J connectivity index is 3.19. The number of unbranched alkanes of at least 4 members (excludes halogenated alkanes) is 1. The molecule has 0 amide bonds. The number of carboxylic acids is 1. The summed E-state index contributed by atoms with van der Waals surface area (Å²) in [5.41, 5.74) is 7.47. The molecule has 0 aliphatic rings. The minimum Gasteiger partial charge on any atom is -0.478 e. The summed E-state index contributed by atoms with van der Waals surface area (Å²) in [7, 11) is 0. The number of benzene rings is 1. The first kappa shape index (κ1) is 15.3. The summed E-state index contributed by atoms with van der Waals surface area (Å²) in [6, 6.07) is 5.30. The van der Waals surface area contributed by atoms with Gasteiger partial charge in [0, 0.05) is 18.3 Å². The Morgan fingerprint density at radius 1 is 1.42 bits per heavy atom. The Kier molecular flexibility index (Phi) is 5.67. The maximum Gasteiger partial charge on any atom is 0.337 e. The number of nitrogens with two attached hydrogens (primary N) is 1. The molecule has 0 saturated carbocycles. The van der Waals surface area contributed by atoms with E-state index >= 15 is 0 Å². The Bertz CT molecular complexity index is 432. The van der Waals surface area contributed by atoms with Crippen molar-refractivity contribution in [3.63, 3.8) is 0 Å². The van der Waals surface area contributed by atoms with Gasteiger partial charge in [0.2, 0.25) is 0 Å². The number of nitrogen functional groups attached to an aromatic ring is 1. The fourth-order valence-electron chi connectivity index (χ4n) is 2.09. The second kappa shape index (κ2) is 7.02. The van der Waals surface area contributed by atoms with Crippen LogP contribution in [0.25, 0.3) is 0 Å². The lowest BCUT2D eigenvalue weighted by Crippen LogP contribution is -2.34. The number of carboxylic acid groups (broad SMARTS) is 1. The zero-order valence-corrected chi connectivity index (χ0v) is 12.0. The number of hydrogen-bond donors (Lipinski definition) is 2. The molecule has 3 N–H and O–H groups in total. The fraction of sp³-hybridized carbons (Fsp3) is 0.533. The van der Waals surface area contributed by atoms with Gasteiger partial charge in [-0.05, 0) is 38.0 Å². The lowest BCUT2D eigenvalue weighted by atomic mass is 10.1. The van der Waals surface area contributed by atoms with Crippen molar-refractivity contribution in [1.29, 1.82) is 0 Å². The molecule has 0 radical (unpaired) electrons. The largest absolute Gasteiger partial charge is 0.478 e. The van der Waals surface area contributed by atoms with E-state index in [1.165, 1.54) is 0 Å². The molecule has 1 rings (SSSR count). The Morgan fingerprint density at radius 3 is 2.63 bits per heavy atom. The van der Waals surface area contributed by atoms with Crippen LogP contribution >= 0.6 is 0 Å². The van der Waals surface area contributed by atoms with Gasteiger partial charge in [-0.1, -0.05) is 20.3 Å². The van der Waals surface area contributed by atoms with Gasteiger partial charge < -0.3 is 15.7 Å². The van der Waals surface area contributed by atoms with E-state index in [0.717, 1.165) is 31.5 Å². The molecule has 0 aliphatic heterocycles. The zero-order valence-electron chi connectivity index (χ0n) is 12.0. The molecule has 1 unspecified atom stereocenters. The van der Waals surface area contributed by atoms with Gasteiger partial charge in [0.1, 0.15) is 0 Å². The van der Waals surface area contributed by atoms with Crippen molar-refractivity contribution in [3.05, 3.63) is 23.8 Å². The monoisotopic (exact) mass is 264 g/mol. The van der Waals surface area contributed by atoms with E-state index in [1.54, 1.807) is 18.2 Å². The van der Waals surface area contributed by atoms with Crippen LogP contribution < -0.4 is 10.6 Å². The van der Waals surface area contributed by atoms with Crippen LogP contribution in [0.3, 0.4) is 0 Å². The van der Waals surface area contributed by atoms with Crippen molar-refractivity contribution in [2.75, 3.05) is 17.2 Å². The molecule has 0 bridgehead atoms. The third-order valence-electron chi connectivity index (χ3n) is 3.44. The molecule has 1 aromatic carbocycles. The lowest BCUT2D eigenvalue weighted by Gasteiger charge is -2.32. The van der Waals surface area contributed by atoms with Gasteiger partial charge in [0.25, 0.3) is 0 Å². The average molecular weight is 264 g/mol. The number of nitrogens with zero attached hydrogens (tertiary/aromatic N) is 1. The number of anilines is 2. The number of rotatable bonds is 7. The maximum absolute atomic E-state index is 11.4.